The second-order valence-corrected chi connectivity index (χ2v) is 3.20. The van der Waals surface area contributed by atoms with Gasteiger partial charge in [-0.2, -0.15) is 5.10 Å². The highest BCUT2D eigenvalue weighted by Gasteiger charge is 2.04. The molecule has 0 atom stereocenters. The molecule has 7 heteroatoms. The molecule has 0 aliphatic heterocycles. The third kappa shape index (κ3) is 2.77. The Labute approximate surface area is 97.9 Å². The molecule has 17 heavy (non-hydrogen) atoms. The van der Waals surface area contributed by atoms with E-state index in [0.717, 1.165) is 0 Å². The van der Waals surface area contributed by atoms with E-state index in [9.17, 15) is 4.79 Å². The summed E-state index contributed by atoms with van der Waals surface area (Å²) >= 11 is 0. The third-order valence-corrected chi connectivity index (χ3v) is 1.97. The van der Waals surface area contributed by atoms with Crippen molar-refractivity contribution in [2.75, 3.05) is 11.9 Å². The first-order chi connectivity index (χ1) is 8.29. The number of anilines is 1. The molecule has 2 heterocycles. The van der Waals surface area contributed by atoms with E-state index in [2.05, 4.69) is 25.7 Å². The number of nitrogens with one attached hydrogen (secondary N) is 2. The summed E-state index contributed by atoms with van der Waals surface area (Å²) in [6.07, 6.45) is 4.79. The van der Waals surface area contributed by atoms with Gasteiger partial charge in [-0.05, 0) is 13.0 Å². The van der Waals surface area contributed by atoms with E-state index in [4.69, 9.17) is 0 Å². The minimum absolute atomic E-state index is 0.294. The Hall–Kier alpha value is -2.44. The van der Waals surface area contributed by atoms with Crippen molar-refractivity contribution in [2.45, 2.75) is 6.92 Å². The normalized spacial score (nSPS) is 9.94. The first kappa shape index (κ1) is 11.1. The molecule has 2 N–H and O–H groups in total. The molecular weight excluding hydrogens is 220 g/mol. The number of amides is 2. The monoisotopic (exact) mass is 232 g/mol. The van der Waals surface area contributed by atoms with Gasteiger partial charge in [0.05, 0.1) is 0 Å². The van der Waals surface area contributed by atoms with Crippen LogP contribution < -0.4 is 10.6 Å². The summed E-state index contributed by atoms with van der Waals surface area (Å²) in [6.45, 7) is 2.40. The predicted octanol–water partition coefficient (Wildman–Crippen LogP) is 0.804. The lowest BCUT2D eigenvalue weighted by atomic mass is 10.5. The van der Waals surface area contributed by atoms with Gasteiger partial charge in [0.15, 0.2) is 5.82 Å². The Kier molecular flexibility index (Phi) is 3.29. The quantitative estimate of drug-likeness (QED) is 0.819. The van der Waals surface area contributed by atoms with Crippen LogP contribution in [0.5, 0.6) is 0 Å². The summed E-state index contributed by atoms with van der Waals surface area (Å²) in [6, 6.07) is 3.14. The molecule has 0 unspecified atom stereocenters. The van der Waals surface area contributed by atoms with Crippen molar-refractivity contribution in [3.63, 3.8) is 0 Å². The first-order valence-corrected chi connectivity index (χ1v) is 5.16. The molecule has 0 radical (unpaired) electrons. The van der Waals surface area contributed by atoms with Gasteiger partial charge in [-0.3, -0.25) is 5.32 Å². The zero-order valence-corrected chi connectivity index (χ0v) is 9.29. The predicted molar refractivity (Wildman–Crippen MR) is 61.8 cm³/mol. The number of carbonyl (C=O) groups is 1. The van der Waals surface area contributed by atoms with Crippen LogP contribution >= 0.6 is 0 Å². The molecule has 0 aromatic carbocycles. The highest BCUT2D eigenvalue weighted by Crippen LogP contribution is 2.07. The lowest BCUT2D eigenvalue weighted by Crippen LogP contribution is -2.28. The maximum Gasteiger partial charge on any atom is 0.320 e. The summed E-state index contributed by atoms with van der Waals surface area (Å²) in [5, 5.41) is 9.26. The second kappa shape index (κ2) is 5.06. The number of urea groups is 1. The standard InChI is InChI=1S/C10H12N6O/c1-2-11-10(17)15-8-6-9(13-7-12-8)16-5-3-4-14-16/h3-7H,2H2,1H3,(H2,11,12,13,15,17). The Bertz CT molecular complexity index is 495. The molecule has 2 aromatic heterocycles. The summed E-state index contributed by atoms with van der Waals surface area (Å²) in [5.74, 6) is 1.02. The van der Waals surface area contributed by atoms with Crippen LogP contribution in [0.2, 0.25) is 0 Å². The third-order valence-electron chi connectivity index (χ3n) is 1.97. The molecule has 0 saturated carbocycles. The Balaban J connectivity index is 2.15. The maximum atomic E-state index is 11.3. The first-order valence-electron chi connectivity index (χ1n) is 5.16. The highest BCUT2D eigenvalue weighted by molar-refractivity contribution is 5.88. The van der Waals surface area contributed by atoms with Crippen molar-refractivity contribution in [3.05, 3.63) is 30.9 Å². The molecule has 7 nitrogen and oxygen atoms in total. The average molecular weight is 232 g/mol. The van der Waals surface area contributed by atoms with Crippen LogP contribution in [0.25, 0.3) is 5.82 Å². The van der Waals surface area contributed by atoms with Crippen molar-refractivity contribution >= 4 is 11.8 Å². The summed E-state index contributed by atoms with van der Waals surface area (Å²) < 4.78 is 1.59. The van der Waals surface area contributed by atoms with Gasteiger partial charge < -0.3 is 5.32 Å². The minimum atomic E-state index is -0.294. The highest BCUT2D eigenvalue weighted by atomic mass is 16.2. The molecule has 0 aliphatic carbocycles. The van der Waals surface area contributed by atoms with Crippen molar-refractivity contribution in [3.8, 4) is 5.82 Å². The van der Waals surface area contributed by atoms with Crippen LogP contribution in [0.4, 0.5) is 10.6 Å². The van der Waals surface area contributed by atoms with Gasteiger partial charge in [0.1, 0.15) is 12.1 Å². The second-order valence-electron chi connectivity index (χ2n) is 3.20. The number of hydrogen-bond acceptors (Lipinski definition) is 4. The van der Waals surface area contributed by atoms with Crippen LogP contribution in [0.1, 0.15) is 6.92 Å². The minimum Gasteiger partial charge on any atom is -0.338 e. The van der Waals surface area contributed by atoms with Gasteiger partial charge in [0.2, 0.25) is 0 Å². The van der Waals surface area contributed by atoms with E-state index in [1.165, 1.54) is 6.33 Å². The van der Waals surface area contributed by atoms with Crippen molar-refractivity contribution < 1.29 is 4.79 Å². The van der Waals surface area contributed by atoms with Gasteiger partial charge in [0, 0.05) is 25.0 Å². The van der Waals surface area contributed by atoms with Crippen LogP contribution in [-0.4, -0.2) is 32.3 Å². The molecule has 0 fully saturated rings. The van der Waals surface area contributed by atoms with Crippen LogP contribution in [0, 0.1) is 0 Å². The zero-order chi connectivity index (χ0) is 12.1. The Morgan fingerprint density at radius 3 is 3.06 bits per heavy atom. The molecule has 0 aliphatic rings. The van der Waals surface area contributed by atoms with E-state index >= 15 is 0 Å². The molecule has 2 aromatic rings. The number of hydrogen-bond donors (Lipinski definition) is 2. The maximum absolute atomic E-state index is 11.3. The number of rotatable bonds is 3. The molecule has 0 bridgehead atoms. The molecule has 0 saturated heterocycles. The number of nitrogens with zero attached hydrogens (tertiary/aromatic N) is 4. The Morgan fingerprint density at radius 1 is 1.47 bits per heavy atom. The van der Waals surface area contributed by atoms with Crippen molar-refractivity contribution in [1.82, 2.24) is 25.1 Å². The smallest absolute Gasteiger partial charge is 0.320 e. The van der Waals surface area contributed by atoms with E-state index in [1.54, 1.807) is 29.2 Å². The zero-order valence-electron chi connectivity index (χ0n) is 9.29. The van der Waals surface area contributed by atoms with Crippen molar-refractivity contribution in [2.24, 2.45) is 0 Å². The van der Waals surface area contributed by atoms with Gasteiger partial charge in [-0.25, -0.2) is 19.4 Å². The SMILES string of the molecule is CCNC(=O)Nc1cc(-n2cccn2)ncn1. The fourth-order valence-electron chi connectivity index (χ4n) is 1.27. The lowest BCUT2D eigenvalue weighted by Gasteiger charge is -2.06. The van der Waals surface area contributed by atoms with E-state index in [1.807, 2.05) is 6.92 Å². The van der Waals surface area contributed by atoms with Crippen LogP contribution in [-0.2, 0) is 0 Å². The molecule has 2 rings (SSSR count). The summed E-state index contributed by atoms with van der Waals surface area (Å²) in [5.41, 5.74) is 0. The summed E-state index contributed by atoms with van der Waals surface area (Å²) in [7, 11) is 0. The van der Waals surface area contributed by atoms with E-state index in [0.29, 0.717) is 18.2 Å². The largest absolute Gasteiger partial charge is 0.338 e. The number of carbonyl (C=O) groups excluding carboxylic acids is 1. The van der Waals surface area contributed by atoms with Gasteiger partial charge in [-0.1, -0.05) is 0 Å². The topological polar surface area (TPSA) is 84.7 Å². The van der Waals surface area contributed by atoms with Crippen molar-refractivity contribution in [1.29, 1.82) is 0 Å². The van der Waals surface area contributed by atoms with Crippen LogP contribution in [0.15, 0.2) is 30.9 Å². The fraction of sp³-hybridized carbons (Fsp3) is 0.200. The molecular formula is C10H12N6O. The molecule has 0 spiro atoms. The van der Waals surface area contributed by atoms with Gasteiger partial charge in [0.25, 0.3) is 0 Å². The van der Waals surface area contributed by atoms with Crippen LogP contribution in [0.3, 0.4) is 0 Å². The Morgan fingerprint density at radius 2 is 2.35 bits per heavy atom. The molecule has 2 amide bonds. The lowest BCUT2D eigenvalue weighted by molar-refractivity contribution is 0.252. The number of aromatic nitrogens is 4. The summed E-state index contributed by atoms with van der Waals surface area (Å²) in [4.78, 5) is 19.3. The fourth-order valence-corrected chi connectivity index (χ4v) is 1.27. The van der Waals surface area contributed by atoms with E-state index in [-0.39, 0.29) is 6.03 Å². The van der Waals surface area contributed by atoms with E-state index < -0.39 is 0 Å². The van der Waals surface area contributed by atoms with Gasteiger partial charge >= 0.3 is 6.03 Å². The molecule has 88 valence electrons. The average Bonchev–Trinajstić information content (AvgIpc) is 2.83. The van der Waals surface area contributed by atoms with Gasteiger partial charge in [-0.15, -0.1) is 0 Å².